The first kappa shape index (κ1) is 12.8. The van der Waals surface area contributed by atoms with E-state index in [1.807, 2.05) is 22.6 Å². The van der Waals surface area contributed by atoms with Gasteiger partial charge in [0.05, 0.1) is 6.20 Å². The van der Waals surface area contributed by atoms with E-state index in [0.717, 1.165) is 24.3 Å². The van der Waals surface area contributed by atoms with Gasteiger partial charge in [-0.2, -0.15) is 5.10 Å². The maximum Gasteiger partial charge on any atom is 0.0537 e. The largest absolute Gasteiger partial charge is 0.323 e. The van der Waals surface area contributed by atoms with Crippen molar-refractivity contribution in [3.63, 3.8) is 0 Å². The molecular formula is C15H19N3S. The van der Waals surface area contributed by atoms with Crippen molar-refractivity contribution in [2.75, 3.05) is 5.75 Å². The molecule has 0 spiro atoms. The zero-order valence-electron chi connectivity index (χ0n) is 11.1. The van der Waals surface area contributed by atoms with Gasteiger partial charge in [0.1, 0.15) is 0 Å². The van der Waals surface area contributed by atoms with Gasteiger partial charge in [0, 0.05) is 40.9 Å². The van der Waals surface area contributed by atoms with Crippen LogP contribution in [0.4, 0.5) is 0 Å². The summed E-state index contributed by atoms with van der Waals surface area (Å²) in [6.07, 6.45) is 5.12. The van der Waals surface area contributed by atoms with E-state index in [-0.39, 0.29) is 6.04 Å². The van der Waals surface area contributed by atoms with Crippen molar-refractivity contribution in [1.82, 2.24) is 9.78 Å². The minimum absolute atomic E-state index is 0.0433. The van der Waals surface area contributed by atoms with Crippen LogP contribution in [0.5, 0.6) is 0 Å². The van der Waals surface area contributed by atoms with E-state index >= 15 is 0 Å². The molecule has 3 nitrogen and oxygen atoms in total. The highest BCUT2D eigenvalue weighted by Gasteiger charge is 2.29. The average Bonchev–Trinajstić information content (AvgIpc) is 3.05. The first-order valence-electron chi connectivity index (χ1n) is 6.79. The number of hydrogen-bond donors (Lipinski definition) is 1. The highest BCUT2D eigenvalue weighted by molar-refractivity contribution is 7.99. The van der Waals surface area contributed by atoms with Crippen molar-refractivity contribution in [3.8, 4) is 0 Å². The standard InChI is InChI=1S/C15H19N3S/c1-2-7-18-9-11(8-17-18)15(16)13-10-19-14-6-4-3-5-12(13)14/h3-6,8-9,13,15H,2,7,10,16H2,1H3. The number of aromatic nitrogens is 2. The first-order chi connectivity index (χ1) is 9.29. The van der Waals surface area contributed by atoms with Crippen LogP contribution in [0.25, 0.3) is 0 Å². The van der Waals surface area contributed by atoms with Crippen LogP contribution in [0.15, 0.2) is 41.6 Å². The third-order valence-electron chi connectivity index (χ3n) is 3.66. The molecule has 1 aromatic heterocycles. The van der Waals surface area contributed by atoms with Crippen LogP contribution in [0.3, 0.4) is 0 Å². The average molecular weight is 273 g/mol. The van der Waals surface area contributed by atoms with E-state index in [9.17, 15) is 0 Å². The Morgan fingerprint density at radius 3 is 3.16 bits per heavy atom. The Morgan fingerprint density at radius 1 is 1.47 bits per heavy atom. The van der Waals surface area contributed by atoms with E-state index in [2.05, 4.69) is 42.5 Å². The molecule has 2 heterocycles. The van der Waals surface area contributed by atoms with Crippen molar-refractivity contribution in [3.05, 3.63) is 47.8 Å². The van der Waals surface area contributed by atoms with Crippen LogP contribution in [0.1, 0.15) is 36.4 Å². The van der Waals surface area contributed by atoms with Gasteiger partial charge in [-0.15, -0.1) is 11.8 Å². The Bertz CT molecular complexity index is 564. The molecule has 2 unspecified atom stereocenters. The first-order valence-corrected chi connectivity index (χ1v) is 7.78. The van der Waals surface area contributed by atoms with E-state index < -0.39 is 0 Å². The Balaban J connectivity index is 1.82. The normalized spacial score (nSPS) is 19.4. The van der Waals surface area contributed by atoms with E-state index in [1.54, 1.807) is 0 Å². The second kappa shape index (κ2) is 5.39. The molecule has 3 rings (SSSR count). The lowest BCUT2D eigenvalue weighted by atomic mass is 9.91. The van der Waals surface area contributed by atoms with Gasteiger partial charge < -0.3 is 5.73 Å². The summed E-state index contributed by atoms with van der Waals surface area (Å²) in [6, 6.07) is 8.63. The molecule has 4 heteroatoms. The second-order valence-electron chi connectivity index (χ2n) is 5.02. The Kier molecular flexibility index (Phi) is 3.62. The van der Waals surface area contributed by atoms with E-state index in [1.165, 1.54) is 10.5 Å². The zero-order valence-corrected chi connectivity index (χ0v) is 11.9. The third-order valence-corrected chi connectivity index (χ3v) is 4.87. The van der Waals surface area contributed by atoms with Gasteiger partial charge in [0.15, 0.2) is 0 Å². The van der Waals surface area contributed by atoms with Gasteiger partial charge in [0.25, 0.3) is 0 Å². The number of aryl methyl sites for hydroxylation is 1. The van der Waals surface area contributed by atoms with Gasteiger partial charge in [-0.3, -0.25) is 4.68 Å². The topological polar surface area (TPSA) is 43.8 Å². The Hall–Kier alpha value is -1.26. The summed E-state index contributed by atoms with van der Waals surface area (Å²) in [5.74, 6) is 1.47. The Morgan fingerprint density at radius 2 is 2.32 bits per heavy atom. The van der Waals surface area contributed by atoms with Crippen molar-refractivity contribution in [2.45, 2.75) is 36.7 Å². The number of nitrogens with zero attached hydrogens (tertiary/aromatic N) is 2. The molecule has 2 aromatic rings. The lowest BCUT2D eigenvalue weighted by Gasteiger charge is -2.18. The van der Waals surface area contributed by atoms with E-state index in [4.69, 9.17) is 5.73 Å². The fourth-order valence-corrected chi connectivity index (χ4v) is 3.93. The molecule has 0 fully saturated rings. The fraction of sp³-hybridized carbons (Fsp3) is 0.400. The molecule has 2 N–H and O–H groups in total. The SMILES string of the molecule is CCCn1cc(C(N)C2CSc3ccccc32)cn1. The molecule has 0 aliphatic carbocycles. The van der Waals surface area contributed by atoms with Gasteiger partial charge in [0.2, 0.25) is 0 Å². The molecule has 1 aliphatic heterocycles. The second-order valence-corrected chi connectivity index (χ2v) is 6.08. The third kappa shape index (κ3) is 2.42. The van der Waals surface area contributed by atoms with Gasteiger partial charge in [-0.05, 0) is 18.1 Å². The molecule has 0 bridgehead atoms. The van der Waals surface area contributed by atoms with Crippen LogP contribution < -0.4 is 5.73 Å². The van der Waals surface area contributed by atoms with Crippen molar-refractivity contribution < 1.29 is 0 Å². The summed E-state index contributed by atoms with van der Waals surface area (Å²) in [6.45, 7) is 3.12. The molecule has 100 valence electrons. The minimum Gasteiger partial charge on any atom is -0.323 e. The maximum absolute atomic E-state index is 6.46. The number of thioether (sulfide) groups is 1. The van der Waals surface area contributed by atoms with Crippen LogP contribution in [0, 0.1) is 0 Å². The van der Waals surface area contributed by atoms with Gasteiger partial charge in [-0.1, -0.05) is 25.1 Å². The minimum atomic E-state index is 0.0433. The monoisotopic (exact) mass is 273 g/mol. The summed E-state index contributed by atoms with van der Waals surface area (Å²) in [5.41, 5.74) is 9.00. The highest BCUT2D eigenvalue weighted by atomic mass is 32.2. The lowest BCUT2D eigenvalue weighted by Crippen LogP contribution is -2.19. The predicted molar refractivity (Wildman–Crippen MR) is 79.4 cm³/mol. The molecule has 2 atom stereocenters. The van der Waals surface area contributed by atoms with Crippen molar-refractivity contribution >= 4 is 11.8 Å². The summed E-state index contributed by atoms with van der Waals surface area (Å²) < 4.78 is 1.99. The highest BCUT2D eigenvalue weighted by Crippen LogP contribution is 2.44. The smallest absolute Gasteiger partial charge is 0.0537 e. The predicted octanol–water partition coefficient (Wildman–Crippen LogP) is 3.18. The number of hydrogen-bond acceptors (Lipinski definition) is 3. The summed E-state index contributed by atoms with van der Waals surface area (Å²) in [5, 5.41) is 4.38. The Labute approximate surface area is 118 Å². The summed E-state index contributed by atoms with van der Waals surface area (Å²) >= 11 is 1.91. The number of rotatable bonds is 4. The molecule has 0 saturated heterocycles. The molecule has 19 heavy (non-hydrogen) atoms. The zero-order chi connectivity index (χ0) is 13.2. The molecule has 0 saturated carbocycles. The summed E-state index contributed by atoms with van der Waals surface area (Å²) in [4.78, 5) is 1.38. The lowest BCUT2D eigenvalue weighted by molar-refractivity contribution is 0.591. The van der Waals surface area contributed by atoms with Crippen molar-refractivity contribution in [1.29, 1.82) is 0 Å². The van der Waals surface area contributed by atoms with Gasteiger partial charge in [-0.25, -0.2) is 0 Å². The van der Waals surface area contributed by atoms with Crippen molar-refractivity contribution in [2.24, 2.45) is 5.73 Å². The fourth-order valence-electron chi connectivity index (χ4n) is 2.62. The maximum atomic E-state index is 6.46. The van der Waals surface area contributed by atoms with Crippen LogP contribution >= 0.6 is 11.8 Å². The van der Waals surface area contributed by atoms with Crippen LogP contribution in [-0.4, -0.2) is 15.5 Å². The van der Waals surface area contributed by atoms with Crippen LogP contribution in [-0.2, 0) is 6.54 Å². The molecule has 0 radical (unpaired) electrons. The molecule has 0 amide bonds. The van der Waals surface area contributed by atoms with E-state index in [0.29, 0.717) is 5.92 Å². The van der Waals surface area contributed by atoms with Gasteiger partial charge >= 0.3 is 0 Å². The molecule has 1 aromatic carbocycles. The number of benzene rings is 1. The number of fused-ring (bicyclic) bond motifs is 1. The quantitative estimate of drug-likeness (QED) is 0.930. The summed E-state index contributed by atoms with van der Waals surface area (Å²) in [7, 11) is 0. The molecule has 1 aliphatic rings. The number of nitrogens with two attached hydrogens (primary N) is 1. The molecular weight excluding hydrogens is 254 g/mol. The van der Waals surface area contributed by atoms with Crippen LogP contribution in [0.2, 0.25) is 0 Å².